The number of nitro groups is 1. The second-order valence-corrected chi connectivity index (χ2v) is 4.23. The van der Waals surface area contributed by atoms with Crippen molar-refractivity contribution in [3.63, 3.8) is 0 Å². The quantitative estimate of drug-likeness (QED) is 0.630. The van der Waals surface area contributed by atoms with Crippen LogP contribution in [0.15, 0.2) is 29.3 Å². The standard InChI is InChI=1S/C9H7BrClNO3/c1-6(10)5-15-9-3-2-7(11)4-8(9)12(13)14/h2-4H,1,5H2. The van der Waals surface area contributed by atoms with Gasteiger partial charge < -0.3 is 4.74 Å². The Labute approximate surface area is 99.8 Å². The highest BCUT2D eigenvalue weighted by Crippen LogP contribution is 2.30. The Morgan fingerprint density at radius 3 is 2.87 bits per heavy atom. The maximum atomic E-state index is 10.7. The highest BCUT2D eigenvalue weighted by molar-refractivity contribution is 9.11. The number of nitrogens with zero attached hydrogens (tertiary/aromatic N) is 1. The van der Waals surface area contributed by atoms with Crippen molar-refractivity contribution in [2.24, 2.45) is 0 Å². The van der Waals surface area contributed by atoms with Crippen LogP contribution in [0.3, 0.4) is 0 Å². The van der Waals surface area contributed by atoms with E-state index in [9.17, 15) is 10.1 Å². The maximum absolute atomic E-state index is 10.7. The van der Waals surface area contributed by atoms with E-state index >= 15 is 0 Å². The Hall–Kier alpha value is -1.07. The van der Waals surface area contributed by atoms with Gasteiger partial charge in [-0.1, -0.05) is 34.1 Å². The van der Waals surface area contributed by atoms with Crippen molar-refractivity contribution in [2.45, 2.75) is 0 Å². The van der Waals surface area contributed by atoms with Gasteiger partial charge in [0.2, 0.25) is 0 Å². The first kappa shape index (κ1) is 12.0. The Kier molecular flexibility index (Phi) is 4.11. The van der Waals surface area contributed by atoms with E-state index in [0.29, 0.717) is 9.51 Å². The van der Waals surface area contributed by atoms with Crippen molar-refractivity contribution < 1.29 is 9.66 Å². The van der Waals surface area contributed by atoms with Crippen molar-refractivity contribution in [3.05, 3.63) is 44.4 Å². The molecule has 1 rings (SSSR count). The molecule has 0 aliphatic carbocycles. The molecule has 0 heterocycles. The Morgan fingerprint density at radius 1 is 1.67 bits per heavy atom. The molecule has 0 aliphatic rings. The third-order valence-corrected chi connectivity index (χ3v) is 1.97. The van der Waals surface area contributed by atoms with E-state index in [-0.39, 0.29) is 18.0 Å². The van der Waals surface area contributed by atoms with Crippen LogP contribution in [-0.2, 0) is 0 Å². The van der Waals surface area contributed by atoms with Gasteiger partial charge in [0.25, 0.3) is 0 Å². The van der Waals surface area contributed by atoms with E-state index in [2.05, 4.69) is 22.5 Å². The molecule has 0 saturated heterocycles. The minimum Gasteiger partial charge on any atom is -0.481 e. The number of benzene rings is 1. The van der Waals surface area contributed by atoms with Gasteiger partial charge in [-0.15, -0.1) is 0 Å². The van der Waals surface area contributed by atoms with Crippen LogP contribution in [-0.4, -0.2) is 11.5 Å². The number of hydrogen-bond donors (Lipinski definition) is 0. The van der Waals surface area contributed by atoms with Crippen LogP contribution in [0.5, 0.6) is 5.75 Å². The summed E-state index contributed by atoms with van der Waals surface area (Å²) in [5, 5.41) is 10.9. The van der Waals surface area contributed by atoms with Crippen LogP contribution >= 0.6 is 27.5 Å². The molecule has 80 valence electrons. The third kappa shape index (κ3) is 3.53. The smallest absolute Gasteiger partial charge is 0.312 e. The van der Waals surface area contributed by atoms with Gasteiger partial charge in [-0.2, -0.15) is 0 Å². The first-order valence-electron chi connectivity index (χ1n) is 3.90. The normalized spacial score (nSPS) is 9.73. The van der Waals surface area contributed by atoms with Crippen LogP contribution in [0.2, 0.25) is 5.02 Å². The van der Waals surface area contributed by atoms with Gasteiger partial charge >= 0.3 is 5.69 Å². The first-order chi connectivity index (χ1) is 7.00. The van der Waals surface area contributed by atoms with Crippen molar-refractivity contribution in [1.82, 2.24) is 0 Å². The summed E-state index contributed by atoms with van der Waals surface area (Å²) < 4.78 is 5.77. The van der Waals surface area contributed by atoms with E-state index in [4.69, 9.17) is 16.3 Å². The molecule has 1 aromatic carbocycles. The lowest BCUT2D eigenvalue weighted by Gasteiger charge is -2.05. The highest BCUT2D eigenvalue weighted by atomic mass is 79.9. The van der Waals surface area contributed by atoms with E-state index in [0.717, 1.165) is 0 Å². The monoisotopic (exact) mass is 291 g/mol. The minimum absolute atomic E-state index is 0.156. The number of ether oxygens (including phenoxy) is 1. The average molecular weight is 293 g/mol. The molecule has 0 atom stereocenters. The average Bonchev–Trinajstić information content (AvgIpc) is 2.15. The molecular weight excluding hydrogens is 285 g/mol. The molecule has 0 aromatic heterocycles. The summed E-state index contributed by atoms with van der Waals surface area (Å²) in [7, 11) is 0. The molecule has 0 aliphatic heterocycles. The summed E-state index contributed by atoms with van der Waals surface area (Å²) in [4.78, 5) is 10.1. The molecule has 0 spiro atoms. The molecule has 1 aromatic rings. The van der Waals surface area contributed by atoms with Gasteiger partial charge in [-0.3, -0.25) is 10.1 Å². The topological polar surface area (TPSA) is 52.4 Å². The summed E-state index contributed by atoms with van der Waals surface area (Å²) in [6.07, 6.45) is 0. The van der Waals surface area contributed by atoms with E-state index in [1.165, 1.54) is 18.2 Å². The van der Waals surface area contributed by atoms with Gasteiger partial charge in [0, 0.05) is 15.6 Å². The second kappa shape index (κ2) is 5.14. The van der Waals surface area contributed by atoms with Gasteiger partial charge in [0.15, 0.2) is 5.75 Å². The second-order valence-electron chi connectivity index (χ2n) is 2.68. The van der Waals surface area contributed by atoms with Crippen molar-refractivity contribution in [2.75, 3.05) is 6.61 Å². The Morgan fingerprint density at radius 2 is 2.33 bits per heavy atom. The van der Waals surface area contributed by atoms with Crippen LogP contribution in [0.4, 0.5) is 5.69 Å². The van der Waals surface area contributed by atoms with Crippen LogP contribution in [0.1, 0.15) is 0 Å². The fraction of sp³-hybridized carbons (Fsp3) is 0.111. The van der Waals surface area contributed by atoms with Crippen molar-refractivity contribution in [3.8, 4) is 5.75 Å². The summed E-state index contributed by atoms with van der Waals surface area (Å²) in [6.45, 7) is 3.73. The molecule has 15 heavy (non-hydrogen) atoms. The summed E-state index contributed by atoms with van der Waals surface area (Å²) in [5.74, 6) is 0.171. The van der Waals surface area contributed by atoms with Gasteiger partial charge in [-0.05, 0) is 12.1 Å². The molecule has 0 saturated carbocycles. The molecule has 6 heteroatoms. The largest absolute Gasteiger partial charge is 0.481 e. The third-order valence-electron chi connectivity index (χ3n) is 1.50. The zero-order valence-electron chi connectivity index (χ0n) is 7.57. The highest BCUT2D eigenvalue weighted by Gasteiger charge is 2.15. The number of nitro benzene ring substituents is 1. The molecule has 0 radical (unpaired) electrons. The Balaban J connectivity index is 2.95. The van der Waals surface area contributed by atoms with Crippen molar-refractivity contribution >= 4 is 33.2 Å². The fourth-order valence-corrected chi connectivity index (χ4v) is 1.19. The minimum atomic E-state index is -0.543. The zero-order chi connectivity index (χ0) is 11.4. The summed E-state index contributed by atoms with van der Waals surface area (Å²) in [6, 6.07) is 4.23. The molecular formula is C9H7BrClNO3. The predicted molar refractivity (Wildman–Crippen MR) is 61.7 cm³/mol. The van der Waals surface area contributed by atoms with Crippen LogP contribution in [0.25, 0.3) is 0 Å². The van der Waals surface area contributed by atoms with E-state index in [1.54, 1.807) is 0 Å². The van der Waals surface area contributed by atoms with E-state index < -0.39 is 4.92 Å². The van der Waals surface area contributed by atoms with Gasteiger partial charge in [-0.25, -0.2) is 0 Å². The summed E-state index contributed by atoms with van der Waals surface area (Å²) >= 11 is 8.73. The number of hydrogen-bond acceptors (Lipinski definition) is 3. The molecule has 0 fully saturated rings. The zero-order valence-corrected chi connectivity index (χ0v) is 9.92. The van der Waals surface area contributed by atoms with Crippen molar-refractivity contribution in [1.29, 1.82) is 0 Å². The molecule has 0 bridgehead atoms. The van der Waals surface area contributed by atoms with Crippen LogP contribution in [0, 0.1) is 10.1 Å². The number of rotatable bonds is 4. The van der Waals surface area contributed by atoms with Gasteiger partial charge in [0.05, 0.1) is 4.92 Å². The first-order valence-corrected chi connectivity index (χ1v) is 5.08. The predicted octanol–water partition coefficient (Wildman–Crippen LogP) is 3.54. The molecule has 0 amide bonds. The Bertz CT molecular complexity index is 408. The lowest BCUT2D eigenvalue weighted by Crippen LogP contribution is -1.99. The van der Waals surface area contributed by atoms with Gasteiger partial charge in [0.1, 0.15) is 6.61 Å². The number of halogens is 2. The maximum Gasteiger partial charge on any atom is 0.312 e. The lowest BCUT2D eigenvalue weighted by atomic mass is 10.3. The molecule has 0 N–H and O–H groups in total. The molecule has 0 unspecified atom stereocenters. The summed E-state index contributed by atoms with van der Waals surface area (Å²) in [5.41, 5.74) is -0.156. The van der Waals surface area contributed by atoms with Crippen LogP contribution < -0.4 is 4.74 Å². The SMILES string of the molecule is C=C(Br)COc1ccc(Cl)cc1[N+](=O)[O-]. The van der Waals surface area contributed by atoms with E-state index in [1.807, 2.05) is 0 Å². The lowest BCUT2D eigenvalue weighted by molar-refractivity contribution is -0.385. The molecule has 4 nitrogen and oxygen atoms in total. The fourth-order valence-electron chi connectivity index (χ4n) is 0.911.